The molecule has 27 heavy (non-hydrogen) atoms. The Balaban J connectivity index is 1.65. The van der Waals surface area contributed by atoms with E-state index >= 15 is 0 Å². The number of ether oxygens (including phenoxy) is 1. The maximum absolute atomic E-state index is 12.8. The van der Waals surface area contributed by atoms with Crippen LogP contribution in [0, 0.1) is 6.92 Å². The van der Waals surface area contributed by atoms with Gasteiger partial charge >= 0.3 is 0 Å². The van der Waals surface area contributed by atoms with Crippen molar-refractivity contribution in [2.75, 3.05) is 45.2 Å². The molecule has 0 atom stereocenters. The molecule has 2 aromatic rings. The van der Waals surface area contributed by atoms with Crippen LogP contribution in [0.25, 0.3) is 0 Å². The van der Waals surface area contributed by atoms with Gasteiger partial charge in [0.2, 0.25) is 5.95 Å². The van der Waals surface area contributed by atoms with Crippen molar-refractivity contribution in [3.8, 4) is 5.75 Å². The minimum absolute atomic E-state index is 0.0243. The molecule has 3 rings (SSSR count). The number of nitrogens with one attached hydrogen (secondary N) is 1. The third-order valence-electron chi connectivity index (χ3n) is 4.79. The molecule has 7 nitrogen and oxygen atoms in total. The fraction of sp³-hybridized carbons (Fsp3) is 0.450. The molecule has 1 saturated heterocycles. The number of aromatic nitrogens is 2. The van der Waals surface area contributed by atoms with Gasteiger partial charge in [-0.3, -0.25) is 4.79 Å². The molecule has 1 amide bonds. The highest BCUT2D eigenvalue weighted by atomic mass is 16.5. The van der Waals surface area contributed by atoms with Gasteiger partial charge in [-0.1, -0.05) is 19.1 Å². The third kappa shape index (κ3) is 4.95. The van der Waals surface area contributed by atoms with Crippen molar-refractivity contribution in [2.45, 2.75) is 20.4 Å². The van der Waals surface area contributed by atoms with E-state index < -0.39 is 0 Å². The molecule has 1 aromatic carbocycles. The summed E-state index contributed by atoms with van der Waals surface area (Å²) in [6, 6.07) is 9.56. The predicted octanol–water partition coefficient (Wildman–Crippen LogP) is 2.18. The summed E-state index contributed by atoms with van der Waals surface area (Å²) < 4.78 is 5.17. The molecule has 1 fully saturated rings. The van der Waals surface area contributed by atoms with E-state index in [4.69, 9.17) is 4.74 Å². The summed E-state index contributed by atoms with van der Waals surface area (Å²) in [4.78, 5) is 25.9. The van der Waals surface area contributed by atoms with Gasteiger partial charge in [0, 0.05) is 38.4 Å². The van der Waals surface area contributed by atoms with E-state index in [0.29, 0.717) is 18.2 Å². The molecular weight excluding hydrogens is 342 g/mol. The maximum atomic E-state index is 12.8. The minimum atomic E-state index is -0.0243. The Morgan fingerprint density at radius 3 is 2.48 bits per heavy atom. The topological polar surface area (TPSA) is 70.6 Å². The number of carbonyl (C=O) groups is 1. The molecule has 0 bridgehead atoms. The average molecular weight is 369 g/mol. The van der Waals surface area contributed by atoms with E-state index in [2.05, 4.69) is 27.1 Å². The van der Waals surface area contributed by atoms with Gasteiger partial charge in [-0.2, -0.15) is 0 Å². The Morgan fingerprint density at radius 1 is 1.15 bits per heavy atom. The summed E-state index contributed by atoms with van der Waals surface area (Å²) >= 11 is 0. The number of carbonyl (C=O) groups excluding carboxylic acids is 1. The number of piperazine rings is 1. The lowest BCUT2D eigenvalue weighted by Gasteiger charge is -2.33. The first-order valence-corrected chi connectivity index (χ1v) is 9.33. The van der Waals surface area contributed by atoms with Gasteiger partial charge in [0.15, 0.2) is 0 Å². The van der Waals surface area contributed by atoms with Gasteiger partial charge in [-0.25, -0.2) is 9.97 Å². The van der Waals surface area contributed by atoms with E-state index in [-0.39, 0.29) is 5.91 Å². The van der Waals surface area contributed by atoms with Crippen LogP contribution >= 0.6 is 0 Å². The lowest BCUT2D eigenvalue weighted by atomic mass is 10.2. The van der Waals surface area contributed by atoms with Gasteiger partial charge in [-0.15, -0.1) is 0 Å². The lowest BCUT2D eigenvalue weighted by Crippen LogP contribution is -2.48. The van der Waals surface area contributed by atoms with Crippen LogP contribution in [0.5, 0.6) is 5.75 Å². The first kappa shape index (κ1) is 19.1. The molecule has 7 heteroatoms. The van der Waals surface area contributed by atoms with Crippen LogP contribution in [-0.2, 0) is 6.54 Å². The number of nitrogens with zero attached hydrogens (tertiary/aromatic N) is 4. The first-order valence-electron chi connectivity index (χ1n) is 9.33. The van der Waals surface area contributed by atoms with Crippen LogP contribution in [0.1, 0.15) is 28.7 Å². The second-order valence-electron chi connectivity index (χ2n) is 6.65. The zero-order chi connectivity index (χ0) is 19.2. The molecule has 0 unspecified atom stereocenters. The second kappa shape index (κ2) is 8.81. The molecule has 1 aliphatic heterocycles. The SMILES string of the molecule is CCN1CCN(C(=O)c2cc(C)nc(NCc3ccc(OC)cc3)n2)CC1. The van der Waals surface area contributed by atoms with Crippen LogP contribution in [-0.4, -0.2) is 65.5 Å². The number of methoxy groups -OCH3 is 1. The van der Waals surface area contributed by atoms with Crippen LogP contribution in [0.4, 0.5) is 5.95 Å². The van der Waals surface area contributed by atoms with Crippen molar-refractivity contribution >= 4 is 11.9 Å². The molecular formula is C20H27N5O2. The van der Waals surface area contributed by atoms with Crippen molar-refractivity contribution in [2.24, 2.45) is 0 Å². The summed E-state index contributed by atoms with van der Waals surface area (Å²) in [6.45, 7) is 8.93. The average Bonchev–Trinajstić information content (AvgIpc) is 2.71. The predicted molar refractivity (Wildman–Crippen MR) is 105 cm³/mol. The number of aryl methyl sites for hydroxylation is 1. The monoisotopic (exact) mass is 369 g/mol. The molecule has 144 valence electrons. The molecule has 1 N–H and O–H groups in total. The van der Waals surface area contributed by atoms with E-state index in [0.717, 1.165) is 49.7 Å². The highest BCUT2D eigenvalue weighted by Crippen LogP contribution is 2.14. The summed E-state index contributed by atoms with van der Waals surface area (Å²) in [6.07, 6.45) is 0. The van der Waals surface area contributed by atoms with E-state index in [9.17, 15) is 4.79 Å². The fourth-order valence-corrected chi connectivity index (χ4v) is 3.11. The number of hydrogen-bond donors (Lipinski definition) is 1. The standard InChI is InChI=1S/C20H27N5O2/c1-4-24-9-11-25(12-10-24)19(26)18-13-15(2)22-20(23-18)21-14-16-5-7-17(27-3)8-6-16/h5-8,13H,4,9-12,14H2,1-3H3,(H,21,22,23). The van der Waals surface area contributed by atoms with Crippen molar-refractivity contribution in [3.05, 3.63) is 47.3 Å². The number of anilines is 1. The van der Waals surface area contributed by atoms with Crippen LogP contribution in [0.15, 0.2) is 30.3 Å². The summed E-state index contributed by atoms with van der Waals surface area (Å²) in [5.41, 5.74) is 2.31. The highest BCUT2D eigenvalue weighted by molar-refractivity contribution is 5.92. The van der Waals surface area contributed by atoms with E-state index in [1.165, 1.54) is 0 Å². The number of amides is 1. The Hall–Kier alpha value is -2.67. The van der Waals surface area contributed by atoms with Gasteiger partial charge in [0.1, 0.15) is 11.4 Å². The number of rotatable bonds is 6. The zero-order valence-electron chi connectivity index (χ0n) is 16.2. The third-order valence-corrected chi connectivity index (χ3v) is 4.79. The smallest absolute Gasteiger partial charge is 0.272 e. The lowest BCUT2D eigenvalue weighted by molar-refractivity contribution is 0.0637. The largest absolute Gasteiger partial charge is 0.497 e. The van der Waals surface area contributed by atoms with Gasteiger partial charge in [0.25, 0.3) is 5.91 Å². The molecule has 0 radical (unpaired) electrons. The van der Waals surface area contributed by atoms with E-state index in [1.54, 1.807) is 13.2 Å². The molecule has 2 heterocycles. The van der Waals surface area contributed by atoms with Gasteiger partial charge in [0.05, 0.1) is 7.11 Å². The summed E-state index contributed by atoms with van der Waals surface area (Å²) in [5, 5.41) is 3.21. The number of benzene rings is 1. The van der Waals surface area contributed by atoms with Crippen molar-refractivity contribution in [1.82, 2.24) is 19.8 Å². The second-order valence-corrected chi connectivity index (χ2v) is 6.65. The Morgan fingerprint density at radius 2 is 1.85 bits per heavy atom. The van der Waals surface area contributed by atoms with Gasteiger partial charge < -0.3 is 19.9 Å². The Kier molecular flexibility index (Phi) is 6.24. The molecule has 0 saturated carbocycles. The van der Waals surface area contributed by atoms with Crippen molar-refractivity contribution in [3.63, 3.8) is 0 Å². The zero-order valence-corrected chi connectivity index (χ0v) is 16.2. The van der Waals surface area contributed by atoms with Crippen molar-refractivity contribution in [1.29, 1.82) is 0 Å². The van der Waals surface area contributed by atoms with Gasteiger partial charge in [-0.05, 0) is 37.2 Å². The molecule has 1 aliphatic rings. The normalized spacial score (nSPS) is 14.9. The quantitative estimate of drug-likeness (QED) is 0.842. The summed E-state index contributed by atoms with van der Waals surface area (Å²) in [7, 11) is 1.65. The van der Waals surface area contributed by atoms with E-state index in [1.807, 2.05) is 36.1 Å². The minimum Gasteiger partial charge on any atom is -0.497 e. The Labute approximate surface area is 160 Å². The molecule has 0 aliphatic carbocycles. The maximum Gasteiger partial charge on any atom is 0.272 e. The number of likely N-dealkylation sites (N-methyl/N-ethyl adjacent to an activating group) is 1. The number of hydrogen-bond acceptors (Lipinski definition) is 6. The highest BCUT2D eigenvalue weighted by Gasteiger charge is 2.23. The Bertz CT molecular complexity index is 770. The van der Waals surface area contributed by atoms with Crippen LogP contribution in [0.2, 0.25) is 0 Å². The van der Waals surface area contributed by atoms with Crippen LogP contribution in [0.3, 0.4) is 0 Å². The van der Waals surface area contributed by atoms with Crippen LogP contribution < -0.4 is 10.1 Å². The molecule has 1 aromatic heterocycles. The van der Waals surface area contributed by atoms with Crippen molar-refractivity contribution < 1.29 is 9.53 Å². The summed E-state index contributed by atoms with van der Waals surface area (Å²) in [5.74, 6) is 1.27. The first-order chi connectivity index (χ1) is 13.1. The molecule has 0 spiro atoms. The fourth-order valence-electron chi connectivity index (χ4n) is 3.11.